The average Bonchev–Trinajstić information content (AvgIpc) is 3.56. The van der Waals surface area contributed by atoms with Gasteiger partial charge >= 0.3 is 5.97 Å². The number of amides is 1. The first-order valence-electron chi connectivity index (χ1n) is 10.6. The predicted octanol–water partition coefficient (Wildman–Crippen LogP) is 5.51. The molecule has 10 nitrogen and oxygen atoms in total. The summed E-state index contributed by atoms with van der Waals surface area (Å²) in [5, 5.41) is 6.20. The third-order valence-corrected chi connectivity index (χ3v) is 10.7. The second-order valence-corrected chi connectivity index (χ2v) is 14.2. The molecule has 0 bridgehead atoms. The molecule has 0 atom stereocenters. The standard InChI is InChI=1S/C23H17Cl2N3O7S4/c24-15-9-16(25)11-17(10-15)26-20(29)13-35-23(30)14-7-18(27-38(31,32)21-3-1-5-36-21)12-19(8-14)28-39(33,34)22-4-2-6-37-22/h1-12,27-28H,13H2,(H,26,29). The van der Waals surface area contributed by atoms with E-state index in [1.54, 1.807) is 22.9 Å². The Morgan fingerprint density at radius 1 is 0.744 bits per heavy atom. The summed E-state index contributed by atoms with van der Waals surface area (Å²) in [6.45, 7) is -0.704. The third-order valence-electron chi connectivity index (χ3n) is 4.67. The molecule has 4 aromatic rings. The molecule has 0 aliphatic heterocycles. The van der Waals surface area contributed by atoms with E-state index < -0.39 is 38.5 Å². The molecule has 2 aromatic carbocycles. The van der Waals surface area contributed by atoms with Gasteiger partial charge in [0.05, 0.1) is 16.9 Å². The van der Waals surface area contributed by atoms with Crippen molar-refractivity contribution in [3.8, 4) is 0 Å². The highest BCUT2D eigenvalue weighted by atomic mass is 35.5. The van der Waals surface area contributed by atoms with Crippen molar-refractivity contribution in [3.63, 3.8) is 0 Å². The molecular formula is C23H17Cl2N3O7S4. The van der Waals surface area contributed by atoms with Crippen LogP contribution in [0.25, 0.3) is 0 Å². The maximum atomic E-state index is 12.8. The average molecular weight is 647 g/mol. The lowest BCUT2D eigenvalue weighted by atomic mass is 10.2. The maximum Gasteiger partial charge on any atom is 0.338 e. The topological polar surface area (TPSA) is 148 Å². The molecule has 3 N–H and O–H groups in total. The largest absolute Gasteiger partial charge is 0.452 e. The van der Waals surface area contributed by atoms with Crippen LogP contribution in [0.1, 0.15) is 10.4 Å². The number of carbonyl (C=O) groups excluding carboxylic acids is 2. The number of ether oxygens (including phenoxy) is 1. The zero-order valence-electron chi connectivity index (χ0n) is 19.4. The van der Waals surface area contributed by atoms with Crippen LogP contribution in [0.4, 0.5) is 17.1 Å². The Morgan fingerprint density at radius 2 is 1.26 bits per heavy atom. The number of esters is 1. The highest BCUT2D eigenvalue weighted by Gasteiger charge is 2.21. The van der Waals surface area contributed by atoms with Gasteiger partial charge in [-0.25, -0.2) is 21.6 Å². The van der Waals surface area contributed by atoms with Crippen LogP contribution in [0, 0.1) is 0 Å². The number of hydrogen-bond acceptors (Lipinski definition) is 9. The van der Waals surface area contributed by atoms with Crippen LogP contribution in [-0.4, -0.2) is 35.3 Å². The number of hydrogen-bond donors (Lipinski definition) is 3. The number of rotatable bonds is 10. The SMILES string of the molecule is O=C(COC(=O)c1cc(NS(=O)(=O)c2cccs2)cc(NS(=O)(=O)c2cccs2)c1)Nc1cc(Cl)cc(Cl)c1. The van der Waals surface area contributed by atoms with Crippen molar-refractivity contribution in [1.29, 1.82) is 0 Å². The highest BCUT2D eigenvalue weighted by Crippen LogP contribution is 2.27. The van der Waals surface area contributed by atoms with Crippen molar-refractivity contribution >= 4 is 94.9 Å². The fraction of sp³-hybridized carbons (Fsp3) is 0.0435. The molecule has 16 heteroatoms. The van der Waals surface area contributed by atoms with Crippen molar-refractivity contribution in [1.82, 2.24) is 0 Å². The first-order valence-corrected chi connectivity index (χ1v) is 16.1. The van der Waals surface area contributed by atoms with Gasteiger partial charge in [0.25, 0.3) is 26.0 Å². The molecule has 0 fully saturated rings. The first kappa shape index (κ1) is 28.9. The molecule has 0 unspecified atom stereocenters. The van der Waals surface area contributed by atoms with E-state index >= 15 is 0 Å². The molecule has 2 aromatic heterocycles. The maximum absolute atomic E-state index is 12.8. The minimum absolute atomic E-state index is 0.00832. The molecule has 1 amide bonds. The molecule has 0 saturated heterocycles. The summed E-state index contributed by atoms with van der Waals surface area (Å²) in [7, 11) is -8.06. The quantitative estimate of drug-likeness (QED) is 0.192. The Balaban J connectivity index is 1.56. The number of benzene rings is 2. The molecule has 0 aliphatic rings. The van der Waals surface area contributed by atoms with E-state index in [9.17, 15) is 26.4 Å². The molecule has 0 spiro atoms. The van der Waals surface area contributed by atoms with E-state index in [0.29, 0.717) is 0 Å². The van der Waals surface area contributed by atoms with E-state index in [-0.39, 0.29) is 41.1 Å². The van der Waals surface area contributed by atoms with Crippen LogP contribution in [0.2, 0.25) is 10.0 Å². The van der Waals surface area contributed by atoms with Crippen molar-refractivity contribution < 1.29 is 31.2 Å². The first-order chi connectivity index (χ1) is 18.4. The summed E-state index contributed by atoms with van der Waals surface area (Å²) in [5.74, 6) is -1.71. The van der Waals surface area contributed by atoms with Crippen molar-refractivity contribution in [2.75, 3.05) is 21.4 Å². The fourth-order valence-electron chi connectivity index (χ4n) is 3.14. The number of thiophene rings is 2. The molecule has 39 heavy (non-hydrogen) atoms. The minimum Gasteiger partial charge on any atom is -0.452 e. The lowest BCUT2D eigenvalue weighted by molar-refractivity contribution is -0.119. The molecular weight excluding hydrogens is 629 g/mol. The van der Waals surface area contributed by atoms with Crippen molar-refractivity contribution in [3.05, 3.63) is 87.0 Å². The number of sulfonamides is 2. The van der Waals surface area contributed by atoms with Gasteiger partial charge in [-0.3, -0.25) is 14.2 Å². The second-order valence-electron chi connectivity index (χ2n) is 7.66. The van der Waals surface area contributed by atoms with E-state index in [1.165, 1.54) is 36.4 Å². The second kappa shape index (κ2) is 11.9. The number of nitrogens with one attached hydrogen (secondary N) is 3. The molecule has 204 valence electrons. The van der Waals surface area contributed by atoms with E-state index in [4.69, 9.17) is 27.9 Å². The molecule has 0 saturated carbocycles. The zero-order valence-corrected chi connectivity index (χ0v) is 24.2. The van der Waals surface area contributed by atoms with Crippen LogP contribution >= 0.6 is 45.9 Å². The smallest absolute Gasteiger partial charge is 0.338 e. The third kappa shape index (κ3) is 7.71. The van der Waals surface area contributed by atoms with Gasteiger partial charge in [-0.1, -0.05) is 35.3 Å². The normalized spacial score (nSPS) is 11.5. The Kier molecular flexibility index (Phi) is 8.83. The van der Waals surface area contributed by atoms with E-state index in [2.05, 4.69) is 14.8 Å². The fourth-order valence-corrected chi connectivity index (χ4v) is 7.74. The Labute approximate surface area is 241 Å². The Morgan fingerprint density at radius 3 is 1.72 bits per heavy atom. The van der Waals surface area contributed by atoms with E-state index in [0.717, 1.165) is 34.8 Å². The summed E-state index contributed by atoms with van der Waals surface area (Å²) in [6, 6.07) is 13.8. The number of carbonyl (C=O) groups is 2. The lowest BCUT2D eigenvalue weighted by Gasteiger charge is -2.13. The molecule has 4 rings (SSSR count). The van der Waals surface area contributed by atoms with Crippen LogP contribution in [0.5, 0.6) is 0 Å². The van der Waals surface area contributed by atoms with Crippen LogP contribution in [-0.2, 0) is 29.6 Å². The highest BCUT2D eigenvalue weighted by molar-refractivity contribution is 7.95. The van der Waals surface area contributed by atoms with Gasteiger partial charge in [0.15, 0.2) is 6.61 Å². The molecule has 2 heterocycles. The van der Waals surface area contributed by atoms with Crippen LogP contribution < -0.4 is 14.8 Å². The van der Waals surface area contributed by atoms with Gasteiger partial charge in [-0.15, -0.1) is 22.7 Å². The van der Waals surface area contributed by atoms with Crippen LogP contribution in [0.3, 0.4) is 0 Å². The van der Waals surface area contributed by atoms with Gasteiger partial charge in [-0.2, -0.15) is 0 Å². The summed E-state index contributed by atoms with van der Waals surface area (Å²) >= 11 is 13.8. The summed E-state index contributed by atoms with van der Waals surface area (Å²) in [6.07, 6.45) is 0. The summed E-state index contributed by atoms with van der Waals surface area (Å²) in [5.41, 5.74) is -0.160. The summed E-state index contributed by atoms with van der Waals surface area (Å²) in [4.78, 5) is 25.1. The number of anilines is 3. The lowest BCUT2D eigenvalue weighted by Crippen LogP contribution is -2.21. The van der Waals surface area contributed by atoms with Crippen molar-refractivity contribution in [2.45, 2.75) is 8.42 Å². The molecule has 0 aliphatic carbocycles. The van der Waals surface area contributed by atoms with Gasteiger partial charge in [0.2, 0.25) is 0 Å². The van der Waals surface area contributed by atoms with Gasteiger partial charge < -0.3 is 10.1 Å². The predicted molar refractivity (Wildman–Crippen MR) is 152 cm³/mol. The minimum atomic E-state index is -4.03. The van der Waals surface area contributed by atoms with E-state index in [1.807, 2.05) is 0 Å². The van der Waals surface area contributed by atoms with Crippen molar-refractivity contribution in [2.24, 2.45) is 0 Å². The summed E-state index contributed by atoms with van der Waals surface area (Å²) < 4.78 is 60.7. The van der Waals surface area contributed by atoms with Gasteiger partial charge in [-0.05, 0) is 59.3 Å². The van der Waals surface area contributed by atoms with Gasteiger partial charge in [0.1, 0.15) is 8.42 Å². The Bertz CT molecular complexity index is 1620. The molecule has 0 radical (unpaired) electrons. The zero-order chi connectivity index (χ0) is 28.2. The number of halogens is 2. The monoisotopic (exact) mass is 645 g/mol. The Hall–Kier alpha value is -3.14. The van der Waals surface area contributed by atoms with Gasteiger partial charge in [0, 0.05) is 15.7 Å². The van der Waals surface area contributed by atoms with Crippen LogP contribution in [0.15, 0.2) is 79.8 Å².